The molecule has 1 aromatic rings. The van der Waals surface area contributed by atoms with E-state index < -0.39 is 11.6 Å². The number of halogens is 3. The second-order valence-electron chi connectivity index (χ2n) is 3.36. The Morgan fingerprint density at radius 2 is 2.13 bits per heavy atom. The predicted octanol–water partition coefficient (Wildman–Crippen LogP) is 2.63. The van der Waals surface area contributed by atoms with Crippen molar-refractivity contribution in [2.45, 2.75) is 19.4 Å². The van der Waals surface area contributed by atoms with Crippen molar-refractivity contribution in [3.05, 3.63) is 27.7 Å². The van der Waals surface area contributed by atoms with Gasteiger partial charge in [0.1, 0.15) is 5.82 Å². The van der Waals surface area contributed by atoms with Gasteiger partial charge in [0.25, 0.3) is 0 Å². The predicted molar refractivity (Wildman–Crippen MR) is 58.0 cm³/mol. The zero-order chi connectivity index (χ0) is 11.6. The van der Waals surface area contributed by atoms with Crippen LogP contribution in [0.15, 0.2) is 10.5 Å². The first-order valence-corrected chi connectivity index (χ1v) is 5.22. The molecule has 84 valence electrons. The number of benzene rings is 1. The third-order valence-electron chi connectivity index (χ3n) is 1.94. The number of methoxy groups -OCH3 is 1. The van der Waals surface area contributed by atoms with Gasteiger partial charge in [-0.1, -0.05) is 0 Å². The third-order valence-corrected chi connectivity index (χ3v) is 2.67. The molecular weight excluding hydrogens is 268 g/mol. The minimum atomic E-state index is -0.729. The Hall–Kier alpha value is -0.680. The molecule has 1 rings (SSSR count). The minimum Gasteiger partial charge on any atom is -0.493 e. The smallest absolute Gasteiger partial charge is 0.182 e. The fourth-order valence-corrected chi connectivity index (χ4v) is 1.64. The van der Waals surface area contributed by atoms with E-state index in [9.17, 15) is 8.78 Å². The fourth-order valence-electron chi connectivity index (χ4n) is 1.35. The molecule has 0 saturated carbocycles. The maximum atomic E-state index is 13.5. The molecule has 0 spiro atoms. The van der Waals surface area contributed by atoms with E-state index in [-0.39, 0.29) is 16.3 Å². The van der Waals surface area contributed by atoms with Crippen LogP contribution >= 0.6 is 15.9 Å². The fraction of sp³-hybridized carbons (Fsp3) is 0.400. The highest BCUT2D eigenvalue weighted by atomic mass is 79.9. The topological polar surface area (TPSA) is 35.2 Å². The van der Waals surface area contributed by atoms with Crippen LogP contribution in [0, 0.1) is 11.6 Å². The van der Waals surface area contributed by atoms with Crippen LogP contribution in [0.25, 0.3) is 0 Å². The largest absolute Gasteiger partial charge is 0.493 e. The van der Waals surface area contributed by atoms with Gasteiger partial charge in [-0.05, 0) is 35.3 Å². The second-order valence-corrected chi connectivity index (χ2v) is 4.15. The Labute approximate surface area is 95.5 Å². The van der Waals surface area contributed by atoms with Gasteiger partial charge in [0.2, 0.25) is 0 Å². The van der Waals surface area contributed by atoms with Crippen molar-refractivity contribution in [3.8, 4) is 5.75 Å². The summed E-state index contributed by atoms with van der Waals surface area (Å²) in [5.74, 6) is -1.34. The lowest BCUT2D eigenvalue weighted by Crippen LogP contribution is -2.18. The van der Waals surface area contributed by atoms with E-state index >= 15 is 0 Å². The number of rotatable bonds is 3. The molecule has 15 heavy (non-hydrogen) atoms. The molecule has 0 aromatic heterocycles. The van der Waals surface area contributed by atoms with Gasteiger partial charge in [-0.2, -0.15) is 0 Å². The third kappa shape index (κ3) is 2.66. The van der Waals surface area contributed by atoms with E-state index in [1.54, 1.807) is 6.92 Å². The molecule has 1 atom stereocenters. The van der Waals surface area contributed by atoms with Crippen molar-refractivity contribution < 1.29 is 13.5 Å². The van der Waals surface area contributed by atoms with E-state index in [2.05, 4.69) is 15.9 Å². The number of ether oxygens (including phenoxy) is 1. The lowest BCUT2D eigenvalue weighted by molar-refractivity contribution is 0.375. The summed E-state index contributed by atoms with van der Waals surface area (Å²) in [6, 6.07) is 1.05. The quantitative estimate of drug-likeness (QED) is 0.864. The standard InChI is InChI=1S/C10H12BrF2NO/c1-5(14)3-6-4-7(12)8(11)9(13)10(6)15-2/h4-5H,3,14H2,1-2H3. The monoisotopic (exact) mass is 279 g/mol. The summed E-state index contributed by atoms with van der Waals surface area (Å²) in [6.45, 7) is 1.76. The molecule has 5 heteroatoms. The van der Waals surface area contributed by atoms with Gasteiger partial charge < -0.3 is 10.5 Å². The summed E-state index contributed by atoms with van der Waals surface area (Å²) in [6.07, 6.45) is 0.365. The molecule has 0 bridgehead atoms. The average Bonchev–Trinajstić information content (AvgIpc) is 2.14. The Morgan fingerprint density at radius 3 is 2.60 bits per heavy atom. The van der Waals surface area contributed by atoms with Crippen LogP contribution in [0.1, 0.15) is 12.5 Å². The SMILES string of the molecule is COc1c(CC(C)N)cc(F)c(Br)c1F. The average molecular weight is 280 g/mol. The van der Waals surface area contributed by atoms with Gasteiger partial charge >= 0.3 is 0 Å². The molecule has 0 aliphatic carbocycles. The molecule has 1 unspecified atom stereocenters. The lowest BCUT2D eigenvalue weighted by atomic mass is 10.1. The van der Waals surface area contributed by atoms with Crippen molar-refractivity contribution in [2.24, 2.45) is 5.73 Å². The van der Waals surface area contributed by atoms with Gasteiger partial charge in [0.05, 0.1) is 11.6 Å². The summed E-state index contributed by atoms with van der Waals surface area (Å²) >= 11 is 2.81. The van der Waals surface area contributed by atoms with E-state index in [0.29, 0.717) is 12.0 Å². The normalized spacial score (nSPS) is 12.7. The van der Waals surface area contributed by atoms with Crippen molar-refractivity contribution in [3.63, 3.8) is 0 Å². The molecule has 0 saturated heterocycles. The Kier molecular flexibility index (Phi) is 4.04. The summed E-state index contributed by atoms with van der Waals surface area (Å²) in [5, 5.41) is 0. The summed E-state index contributed by atoms with van der Waals surface area (Å²) in [7, 11) is 1.34. The highest BCUT2D eigenvalue weighted by molar-refractivity contribution is 9.10. The molecule has 0 radical (unpaired) electrons. The lowest BCUT2D eigenvalue weighted by Gasteiger charge is -2.12. The number of nitrogens with two attached hydrogens (primary N) is 1. The van der Waals surface area contributed by atoms with E-state index in [1.807, 2.05) is 0 Å². The van der Waals surface area contributed by atoms with Crippen molar-refractivity contribution >= 4 is 15.9 Å². The molecule has 1 aromatic carbocycles. The van der Waals surface area contributed by atoms with Crippen LogP contribution in [0.3, 0.4) is 0 Å². The summed E-state index contributed by atoms with van der Waals surface area (Å²) < 4.78 is 31.4. The first-order chi connectivity index (χ1) is 6.97. The van der Waals surface area contributed by atoms with Crippen LogP contribution in [-0.4, -0.2) is 13.2 Å². The highest BCUT2D eigenvalue weighted by Gasteiger charge is 2.18. The van der Waals surface area contributed by atoms with Gasteiger partial charge in [0.15, 0.2) is 11.6 Å². The Morgan fingerprint density at radius 1 is 1.53 bits per heavy atom. The highest BCUT2D eigenvalue weighted by Crippen LogP contribution is 2.32. The number of hydrogen-bond acceptors (Lipinski definition) is 2. The summed E-state index contributed by atoms with van der Waals surface area (Å²) in [4.78, 5) is 0. The van der Waals surface area contributed by atoms with Gasteiger partial charge in [-0.15, -0.1) is 0 Å². The maximum Gasteiger partial charge on any atom is 0.182 e. The molecule has 0 amide bonds. The summed E-state index contributed by atoms with van der Waals surface area (Å²) in [5.41, 5.74) is 6.01. The van der Waals surface area contributed by atoms with E-state index in [1.165, 1.54) is 13.2 Å². The zero-order valence-corrected chi connectivity index (χ0v) is 10.1. The first kappa shape index (κ1) is 12.4. The second kappa shape index (κ2) is 4.90. The Balaban J connectivity index is 3.25. The maximum absolute atomic E-state index is 13.5. The van der Waals surface area contributed by atoms with E-state index in [0.717, 1.165) is 0 Å². The van der Waals surface area contributed by atoms with Crippen LogP contribution < -0.4 is 10.5 Å². The molecule has 2 N–H and O–H groups in total. The molecule has 0 aliphatic heterocycles. The molecule has 0 heterocycles. The van der Waals surface area contributed by atoms with Crippen LogP contribution in [0.4, 0.5) is 8.78 Å². The molecular formula is C10H12BrF2NO. The Bertz CT molecular complexity index is 369. The first-order valence-electron chi connectivity index (χ1n) is 4.43. The van der Waals surface area contributed by atoms with Crippen LogP contribution in [0.2, 0.25) is 0 Å². The van der Waals surface area contributed by atoms with Gasteiger partial charge in [-0.25, -0.2) is 8.78 Å². The van der Waals surface area contributed by atoms with Crippen molar-refractivity contribution in [2.75, 3.05) is 7.11 Å². The van der Waals surface area contributed by atoms with Crippen molar-refractivity contribution in [1.29, 1.82) is 0 Å². The van der Waals surface area contributed by atoms with Gasteiger partial charge in [0, 0.05) is 11.6 Å². The number of hydrogen-bond donors (Lipinski definition) is 1. The van der Waals surface area contributed by atoms with E-state index in [4.69, 9.17) is 10.5 Å². The molecule has 0 fully saturated rings. The van der Waals surface area contributed by atoms with Crippen LogP contribution in [-0.2, 0) is 6.42 Å². The minimum absolute atomic E-state index is 0.0422. The molecule has 2 nitrogen and oxygen atoms in total. The zero-order valence-electron chi connectivity index (χ0n) is 8.48. The molecule has 0 aliphatic rings. The van der Waals surface area contributed by atoms with Crippen molar-refractivity contribution in [1.82, 2.24) is 0 Å². The van der Waals surface area contributed by atoms with Crippen LogP contribution in [0.5, 0.6) is 5.75 Å². The van der Waals surface area contributed by atoms with Gasteiger partial charge in [-0.3, -0.25) is 0 Å².